The number of carbonyl (C=O) groups is 1. The van der Waals surface area contributed by atoms with Crippen molar-refractivity contribution in [2.45, 2.75) is 12.3 Å². The van der Waals surface area contributed by atoms with E-state index >= 15 is 0 Å². The van der Waals surface area contributed by atoms with Crippen LogP contribution < -0.4 is 10.1 Å². The van der Waals surface area contributed by atoms with Gasteiger partial charge in [0.2, 0.25) is 0 Å². The standard InChI is InChI=1S/C10H13ClN2O2/c1-7(11)5-13-10(14)8-3-4-12-6-9(8)15-2/h3-4,6-7H,5H2,1-2H3,(H,13,14). The predicted octanol–water partition coefficient (Wildman–Crippen LogP) is 1.45. The maximum absolute atomic E-state index is 11.7. The SMILES string of the molecule is COc1cnccc1C(=O)NCC(C)Cl. The Morgan fingerprint density at radius 1 is 1.73 bits per heavy atom. The number of hydrogen-bond acceptors (Lipinski definition) is 3. The first-order valence-electron chi connectivity index (χ1n) is 4.55. The second kappa shape index (κ2) is 5.56. The number of amides is 1. The van der Waals surface area contributed by atoms with Crippen molar-refractivity contribution < 1.29 is 9.53 Å². The van der Waals surface area contributed by atoms with Crippen LogP contribution in [0.3, 0.4) is 0 Å². The zero-order valence-electron chi connectivity index (χ0n) is 8.66. The molecule has 15 heavy (non-hydrogen) atoms. The zero-order chi connectivity index (χ0) is 11.3. The summed E-state index contributed by atoms with van der Waals surface area (Å²) in [6.45, 7) is 2.23. The van der Waals surface area contributed by atoms with Crippen LogP contribution in [-0.4, -0.2) is 29.9 Å². The van der Waals surface area contributed by atoms with Crippen LogP contribution in [0.25, 0.3) is 0 Å². The lowest BCUT2D eigenvalue weighted by Gasteiger charge is -2.09. The van der Waals surface area contributed by atoms with Crippen molar-refractivity contribution in [3.63, 3.8) is 0 Å². The van der Waals surface area contributed by atoms with Crippen LogP contribution in [0, 0.1) is 0 Å². The average Bonchev–Trinajstić information content (AvgIpc) is 2.25. The van der Waals surface area contributed by atoms with Crippen molar-refractivity contribution >= 4 is 17.5 Å². The summed E-state index contributed by atoms with van der Waals surface area (Å²) in [5.41, 5.74) is 0.463. The fraction of sp³-hybridized carbons (Fsp3) is 0.400. The highest BCUT2D eigenvalue weighted by molar-refractivity contribution is 6.20. The Kier molecular flexibility index (Phi) is 4.37. The van der Waals surface area contributed by atoms with Gasteiger partial charge in [-0.1, -0.05) is 0 Å². The Hall–Kier alpha value is -1.29. The summed E-state index contributed by atoms with van der Waals surface area (Å²) in [6.07, 6.45) is 3.04. The Balaban J connectivity index is 2.72. The van der Waals surface area contributed by atoms with Crippen LogP contribution in [-0.2, 0) is 0 Å². The van der Waals surface area contributed by atoms with Crippen molar-refractivity contribution in [1.82, 2.24) is 10.3 Å². The lowest BCUT2D eigenvalue weighted by molar-refractivity contribution is 0.0950. The van der Waals surface area contributed by atoms with Crippen molar-refractivity contribution in [2.24, 2.45) is 0 Å². The van der Waals surface area contributed by atoms with E-state index in [1.54, 1.807) is 12.3 Å². The number of methoxy groups -OCH3 is 1. The minimum absolute atomic E-state index is 0.0956. The molecule has 1 aromatic rings. The lowest BCUT2D eigenvalue weighted by atomic mass is 10.2. The molecule has 1 atom stereocenters. The second-order valence-electron chi connectivity index (χ2n) is 3.07. The van der Waals surface area contributed by atoms with E-state index in [-0.39, 0.29) is 11.3 Å². The van der Waals surface area contributed by atoms with E-state index < -0.39 is 0 Å². The number of rotatable bonds is 4. The first kappa shape index (κ1) is 11.8. The fourth-order valence-corrected chi connectivity index (χ4v) is 1.14. The molecule has 1 heterocycles. The van der Waals surface area contributed by atoms with E-state index in [4.69, 9.17) is 16.3 Å². The Morgan fingerprint density at radius 2 is 2.47 bits per heavy atom. The molecular weight excluding hydrogens is 216 g/mol. The van der Waals surface area contributed by atoms with Crippen LogP contribution >= 0.6 is 11.6 Å². The normalized spacial score (nSPS) is 11.9. The third kappa shape index (κ3) is 3.40. The average molecular weight is 229 g/mol. The van der Waals surface area contributed by atoms with E-state index in [1.165, 1.54) is 13.3 Å². The summed E-state index contributed by atoms with van der Waals surface area (Å²) in [6, 6.07) is 1.60. The summed E-state index contributed by atoms with van der Waals surface area (Å²) in [4.78, 5) is 15.5. The highest BCUT2D eigenvalue weighted by atomic mass is 35.5. The number of halogens is 1. The highest BCUT2D eigenvalue weighted by Crippen LogP contribution is 2.15. The van der Waals surface area contributed by atoms with Crippen molar-refractivity contribution in [3.05, 3.63) is 24.0 Å². The lowest BCUT2D eigenvalue weighted by Crippen LogP contribution is -2.28. The van der Waals surface area contributed by atoms with Gasteiger partial charge in [0, 0.05) is 18.1 Å². The number of alkyl halides is 1. The third-order valence-electron chi connectivity index (χ3n) is 1.79. The molecule has 1 unspecified atom stereocenters. The molecule has 0 aliphatic carbocycles. The molecule has 0 aliphatic rings. The number of pyridine rings is 1. The molecule has 0 spiro atoms. The van der Waals surface area contributed by atoms with Gasteiger partial charge in [0.25, 0.3) is 5.91 Å². The van der Waals surface area contributed by atoms with Crippen LogP contribution in [0.4, 0.5) is 0 Å². The van der Waals surface area contributed by atoms with Crippen molar-refractivity contribution in [3.8, 4) is 5.75 Å². The van der Waals surface area contributed by atoms with E-state index in [0.29, 0.717) is 17.9 Å². The van der Waals surface area contributed by atoms with Gasteiger partial charge < -0.3 is 10.1 Å². The Morgan fingerprint density at radius 3 is 3.07 bits per heavy atom. The fourth-order valence-electron chi connectivity index (χ4n) is 1.06. The van der Waals surface area contributed by atoms with Crippen LogP contribution in [0.2, 0.25) is 0 Å². The van der Waals surface area contributed by atoms with Gasteiger partial charge in [-0.05, 0) is 13.0 Å². The molecule has 0 radical (unpaired) electrons. The van der Waals surface area contributed by atoms with Gasteiger partial charge in [-0.3, -0.25) is 9.78 Å². The number of aromatic nitrogens is 1. The zero-order valence-corrected chi connectivity index (χ0v) is 9.41. The van der Waals surface area contributed by atoms with E-state index in [2.05, 4.69) is 10.3 Å². The molecule has 0 aromatic carbocycles. The topological polar surface area (TPSA) is 51.2 Å². The van der Waals surface area contributed by atoms with Crippen LogP contribution in [0.5, 0.6) is 5.75 Å². The summed E-state index contributed by atoms with van der Waals surface area (Å²) < 4.78 is 5.02. The molecule has 1 aromatic heterocycles. The number of nitrogens with one attached hydrogen (secondary N) is 1. The first-order valence-corrected chi connectivity index (χ1v) is 4.99. The summed E-state index contributed by atoms with van der Waals surface area (Å²) >= 11 is 5.72. The molecule has 0 bridgehead atoms. The molecule has 0 fully saturated rings. The van der Waals surface area contributed by atoms with Crippen molar-refractivity contribution in [1.29, 1.82) is 0 Å². The minimum atomic E-state index is -0.207. The maximum Gasteiger partial charge on any atom is 0.255 e. The number of nitrogens with zero attached hydrogens (tertiary/aromatic N) is 1. The van der Waals surface area contributed by atoms with Gasteiger partial charge in [0.1, 0.15) is 5.75 Å². The molecule has 1 amide bonds. The number of ether oxygens (including phenoxy) is 1. The molecule has 0 aliphatic heterocycles. The molecule has 82 valence electrons. The molecule has 0 saturated heterocycles. The molecule has 5 heteroatoms. The Bertz CT molecular complexity index is 342. The van der Waals surface area contributed by atoms with Crippen molar-refractivity contribution in [2.75, 3.05) is 13.7 Å². The predicted molar refractivity (Wildman–Crippen MR) is 58.4 cm³/mol. The first-order chi connectivity index (χ1) is 7.15. The summed E-state index contributed by atoms with van der Waals surface area (Å²) in [5, 5.41) is 2.60. The maximum atomic E-state index is 11.7. The summed E-state index contributed by atoms with van der Waals surface area (Å²) in [5.74, 6) is 0.249. The number of carbonyl (C=O) groups excluding carboxylic acids is 1. The minimum Gasteiger partial charge on any atom is -0.494 e. The second-order valence-corrected chi connectivity index (χ2v) is 3.81. The smallest absolute Gasteiger partial charge is 0.255 e. The van der Waals surface area contributed by atoms with Gasteiger partial charge in [-0.15, -0.1) is 11.6 Å². The Labute approximate surface area is 93.6 Å². The number of hydrogen-bond donors (Lipinski definition) is 1. The third-order valence-corrected chi connectivity index (χ3v) is 1.95. The molecule has 1 rings (SSSR count). The summed E-state index contributed by atoms with van der Waals surface area (Å²) in [7, 11) is 1.50. The van der Waals surface area contributed by atoms with Crippen LogP contribution in [0.15, 0.2) is 18.5 Å². The van der Waals surface area contributed by atoms with E-state index in [9.17, 15) is 4.79 Å². The van der Waals surface area contributed by atoms with E-state index in [0.717, 1.165) is 0 Å². The van der Waals surface area contributed by atoms with Gasteiger partial charge in [0.05, 0.1) is 18.9 Å². The van der Waals surface area contributed by atoms with Gasteiger partial charge in [-0.25, -0.2) is 0 Å². The quantitative estimate of drug-likeness (QED) is 0.794. The van der Waals surface area contributed by atoms with E-state index in [1.807, 2.05) is 6.92 Å². The highest BCUT2D eigenvalue weighted by Gasteiger charge is 2.11. The monoisotopic (exact) mass is 228 g/mol. The van der Waals surface area contributed by atoms with Crippen LogP contribution in [0.1, 0.15) is 17.3 Å². The molecule has 4 nitrogen and oxygen atoms in total. The van der Waals surface area contributed by atoms with Gasteiger partial charge in [0.15, 0.2) is 0 Å². The molecule has 1 N–H and O–H groups in total. The largest absolute Gasteiger partial charge is 0.494 e. The van der Waals surface area contributed by atoms with Gasteiger partial charge >= 0.3 is 0 Å². The molecule has 0 saturated carbocycles. The molecular formula is C10H13ClN2O2. The van der Waals surface area contributed by atoms with Gasteiger partial charge in [-0.2, -0.15) is 0 Å².